The van der Waals surface area contributed by atoms with E-state index in [2.05, 4.69) is 10.3 Å². The number of hydrogen-bond donors (Lipinski definition) is 3. The topological polar surface area (TPSA) is 87.1 Å². The Labute approximate surface area is 91.9 Å². The lowest BCUT2D eigenvalue weighted by Crippen LogP contribution is -2.33. The second kappa shape index (κ2) is 4.23. The van der Waals surface area contributed by atoms with Gasteiger partial charge in [-0.25, -0.2) is 4.79 Å². The number of hydrogen-bond acceptors (Lipinski definition) is 4. The predicted molar refractivity (Wildman–Crippen MR) is 58.6 cm³/mol. The first-order valence-electron chi connectivity index (χ1n) is 5.28. The molecular formula is C10H15N3O3. The van der Waals surface area contributed by atoms with Gasteiger partial charge in [-0.3, -0.25) is 14.3 Å². The average molecular weight is 225 g/mol. The largest absolute Gasteiger partial charge is 0.395 e. The van der Waals surface area contributed by atoms with Crippen LogP contribution in [0, 0.1) is 6.92 Å². The molecule has 0 aliphatic carbocycles. The van der Waals surface area contributed by atoms with Crippen LogP contribution in [0.15, 0.2) is 15.8 Å². The van der Waals surface area contributed by atoms with Crippen molar-refractivity contribution in [3.05, 3.63) is 32.6 Å². The summed E-state index contributed by atoms with van der Waals surface area (Å²) in [5.41, 5.74) is -0.209. The third-order valence-corrected chi connectivity index (χ3v) is 2.96. The van der Waals surface area contributed by atoms with Crippen molar-refractivity contribution >= 4 is 0 Å². The van der Waals surface area contributed by atoms with E-state index >= 15 is 0 Å². The van der Waals surface area contributed by atoms with Crippen LogP contribution in [0.5, 0.6) is 0 Å². The van der Waals surface area contributed by atoms with Crippen LogP contribution in [0.4, 0.5) is 0 Å². The van der Waals surface area contributed by atoms with E-state index < -0.39 is 0 Å². The van der Waals surface area contributed by atoms with Gasteiger partial charge in [-0.15, -0.1) is 0 Å². The molecule has 6 heteroatoms. The molecule has 3 N–H and O–H groups in total. The lowest BCUT2D eigenvalue weighted by atomic mass is 10.2. The fourth-order valence-corrected chi connectivity index (χ4v) is 2.01. The lowest BCUT2D eigenvalue weighted by Gasteiger charge is -2.12. The Morgan fingerprint density at radius 2 is 2.31 bits per heavy atom. The Bertz CT molecular complexity index is 491. The molecule has 88 valence electrons. The molecule has 6 nitrogen and oxygen atoms in total. The zero-order chi connectivity index (χ0) is 11.7. The van der Waals surface area contributed by atoms with E-state index in [9.17, 15) is 9.59 Å². The van der Waals surface area contributed by atoms with E-state index in [1.165, 1.54) is 4.57 Å². The molecule has 16 heavy (non-hydrogen) atoms. The van der Waals surface area contributed by atoms with Gasteiger partial charge in [-0.05, 0) is 13.3 Å². The second-order valence-corrected chi connectivity index (χ2v) is 4.16. The van der Waals surface area contributed by atoms with Crippen LogP contribution in [-0.4, -0.2) is 33.9 Å². The third kappa shape index (κ3) is 1.94. The van der Waals surface area contributed by atoms with Crippen LogP contribution in [0.1, 0.15) is 18.0 Å². The summed E-state index contributed by atoms with van der Waals surface area (Å²) in [6.07, 6.45) is 2.27. The van der Waals surface area contributed by atoms with Crippen LogP contribution in [0.3, 0.4) is 0 Å². The number of rotatable bonds is 2. The van der Waals surface area contributed by atoms with Crippen LogP contribution in [0.25, 0.3) is 0 Å². The molecule has 0 saturated carbocycles. The number of nitrogens with one attached hydrogen (secondary N) is 2. The Balaban J connectivity index is 2.32. The summed E-state index contributed by atoms with van der Waals surface area (Å²) in [4.78, 5) is 25.1. The van der Waals surface area contributed by atoms with Crippen molar-refractivity contribution in [3.63, 3.8) is 0 Å². The normalized spacial score (nSPS) is 24.9. The van der Waals surface area contributed by atoms with Crippen molar-refractivity contribution in [1.82, 2.24) is 14.9 Å². The van der Waals surface area contributed by atoms with Crippen LogP contribution in [0.2, 0.25) is 0 Å². The highest BCUT2D eigenvalue weighted by molar-refractivity contribution is 5.03. The summed E-state index contributed by atoms with van der Waals surface area (Å²) in [7, 11) is 0. The Morgan fingerprint density at radius 3 is 2.94 bits per heavy atom. The van der Waals surface area contributed by atoms with E-state index in [4.69, 9.17) is 5.11 Å². The van der Waals surface area contributed by atoms with Crippen molar-refractivity contribution in [2.75, 3.05) is 13.2 Å². The highest BCUT2D eigenvalue weighted by atomic mass is 16.3. The summed E-state index contributed by atoms with van der Waals surface area (Å²) >= 11 is 0. The number of aromatic nitrogens is 2. The quantitative estimate of drug-likeness (QED) is 0.586. The minimum atomic E-state index is -0.388. The molecule has 1 unspecified atom stereocenters. The SMILES string of the molecule is Cc1cn(C2CN[C@@H](CO)C2)c(=O)[nH]c1=O. The Kier molecular flexibility index (Phi) is 2.93. The fourth-order valence-electron chi connectivity index (χ4n) is 2.01. The molecule has 1 saturated heterocycles. The first-order valence-corrected chi connectivity index (χ1v) is 5.28. The van der Waals surface area contributed by atoms with Gasteiger partial charge in [0.1, 0.15) is 0 Å². The van der Waals surface area contributed by atoms with Gasteiger partial charge >= 0.3 is 5.69 Å². The molecule has 0 amide bonds. The molecule has 2 heterocycles. The number of H-pyrrole nitrogens is 1. The lowest BCUT2D eigenvalue weighted by molar-refractivity contribution is 0.252. The van der Waals surface area contributed by atoms with E-state index in [0.29, 0.717) is 18.5 Å². The Hall–Kier alpha value is -1.40. The van der Waals surface area contributed by atoms with Gasteiger partial charge in [-0.1, -0.05) is 0 Å². The maximum Gasteiger partial charge on any atom is 0.328 e. The molecular weight excluding hydrogens is 210 g/mol. The number of aliphatic hydroxyl groups excluding tert-OH is 1. The van der Waals surface area contributed by atoms with Crippen molar-refractivity contribution in [2.24, 2.45) is 0 Å². The van der Waals surface area contributed by atoms with Crippen LogP contribution in [-0.2, 0) is 0 Å². The zero-order valence-electron chi connectivity index (χ0n) is 9.06. The van der Waals surface area contributed by atoms with Gasteiger partial charge in [0.15, 0.2) is 0 Å². The maximum absolute atomic E-state index is 11.6. The van der Waals surface area contributed by atoms with Gasteiger partial charge in [0.05, 0.1) is 12.6 Å². The number of aryl methyl sites for hydroxylation is 1. The molecule has 0 aromatic carbocycles. The monoisotopic (exact) mass is 225 g/mol. The molecule has 0 bridgehead atoms. The molecule has 0 spiro atoms. The molecule has 2 rings (SSSR count). The fraction of sp³-hybridized carbons (Fsp3) is 0.600. The van der Waals surface area contributed by atoms with Crippen molar-refractivity contribution in [2.45, 2.75) is 25.4 Å². The summed E-state index contributed by atoms with van der Waals surface area (Å²) in [5, 5.41) is 12.1. The molecule has 0 radical (unpaired) electrons. The Morgan fingerprint density at radius 1 is 1.56 bits per heavy atom. The van der Waals surface area contributed by atoms with Gasteiger partial charge in [-0.2, -0.15) is 0 Å². The first-order chi connectivity index (χ1) is 7.61. The molecule has 1 aliphatic heterocycles. The summed E-state index contributed by atoms with van der Waals surface area (Å²) < 4.78 is 1.53. The average Bonchev–Trinajstić information content (AvgIpc) is 2.71. The number of nitrogens with zero attached hydrogens (tertiary/aromatic N) is 1. The second-order valence-electron chi connectivity index (χ2n) is 4.16. The van der Waals surface area contributed by atoms with Crippen LogP contribution >= 0.6 is 0 Å². The standard InChI is InChI=1S/C10H15N3O3/c1-6-4-13(10(16)12-9(6)15)8-2-7(5-14)11-3-8/h4,7-8,11,14H,2-3,5H2,1H3,(H,12,15,16)/t7-,8?/m1/s1. The molecule has 1 aromatic rings. The molecule has 2 atom stereocenters. The minimum absolute atomic E-state index is 0.000185. The van der Waals surface area contributed by atoms with E-state index in [-0.39, 0.29) is 29.9 Å². The van der Waals surface area contributed by atoms with Gasteiger partial charge in [0.2, 0.25) is 0 Å². The smallest absolute Gasteiger partial charge is 0.328 e. The van der Waals surface area contributed by atoms with E-state index in [1.807, 2.05) is 0 Å². The molecule has 1 fully saturated rings. The summed E-state index contributed by atoms with van der Waals surface area (Å²) in [6.45, 7) is 2.37. The molecule has 1 aliphatic rings. The maximum atomic E-state index is 11.6. The number of aromatic amines is 1. The van der Waals surface area contributed by atoms with Crippen LogP contribution < -0.4 is 16.6 Å². The van der Waals surface area contributed by atoms with E-state index in [0.717, 1.165) is 0 Å². The van der Waals surface area contributed by atoms with Gasteiger partial charge < -0.3 is 10.4 Å². The molecule has 1 aromatic heterocycles. The summed E-state index contributed by atoms with van der Waals surface area (Å²) in [5.74, 6) is 0. The van der Waals surface area contributed by atoms with Gasteiger partial charge in [0.25, 0.3) is 5.56 Å². The van der Waals surface area contributed by atoms with Gasteiger partial charge in [0, 0.05) is 24.3 Å². The highest BCUT2D eigenvalue weighted by Crippen LogP contribution is 2.17. The third-order valence-electron chi connectivity index (χ3n) is 2.96. The highest BCUT2D eigenvalue weighted by Gasteiger charge is 2.25. The van der Waals surface area contributed by atoms with Crippen molar-refractivity contribution in [3.8, 4) is 0 Å². The number of aliphatic hydroxyl groups is 1. The first kappa shape index (κ1) is 11.1. The minimum Gasteiger partial charge on any atom is -0.395 e. The van der Waals surface area contributed by atoms with Crippen molar-refractivity contribution < 1.29 is 5.11 Å². The summed E-state index contributed by atoms with van der Waals surface area (Å²) in [6, 6.07) is 0.0318. The van der Waals surface area contributed by atoms with Crippen molar-refractivity contribution in [1.29, 1.82) is 0 Å². The van der Waals surface area contributed by atoms with E-state index in [1.54, 1.807) is 13.1 Å². The zero-order valence-corrected chi connectivity index (χ0v) is 9.06. The predicted octanol–water partition coefficient (Wildman–Crippen LogP) is -1.26.